The second-order valence-electron chi connectivity index (χ2n) is 7.39. The fraction of sp³-hybridized carbons (Fsp3) is 0.120. The van der Waals surface area contributed by atoms with E-state index < -0.39 is 0 Å². The van der Waals surface area contributed by atoms with Gasteiger partial charge in [-0.2, -0.15) is 5.26 Å². The van der Waals surface area contributed by atoms with Crippen LogP contribution in [-0.4, -0.2) is 5.84 Å². The van der Waals surface area contributed by atoms with E-state index in [1.54, 1.807) is 12.1 Å². The van der Waals surface area contributed by atoms with Crippen LogP contribution in [0.25, 0.3) is 0 Å². The minimum atomic E-state index is -0.213. The Morgan fingerprint density at radius 1 is 0.935 bits per heavy atom. The van der Waals surface area contributed by atoms with Crippen LogP contribution in [0.4, 0.5) is 11.4 Å². The maximum Gasteiger partial charge on any atom is 0.123 e. The summed E-state index contributed by atoms with van der Waals surface area (Å²) in [7, 11) is 0. The minimum absolute atomic E-state index is 0.213. The average Bonchev–Trinajstić information content (AvgIpc) is 2.77. The van der Waals surface area contributed by atoms with E-state index >= 15 is 0 Å². The lowest BCUT2D eigenvalue weighted by molar-refractivity contribution is 0.795. The quantitative estimate of drug-likeness (QED) is 0.485. The van der Waals surface area contributed by atoms with Crippen molar-refractivity contribution in [2.45, 2.75) is 19.3 Å². The molecule has 1 aliphatic rings. The number of aliphatic imine (C=N–C) groups is 1. The van der Waals surface area contributed by atoms with Crippen LogP contribution in [0, 0.1) is 18.3 Å². The van der Waals surface area contributed by atoms with Crippen LogP contribution in [0.1, 0.15) is 23.5 Å². The van der Waals surface area contributed by atoms with Crippen LogP contribution < -0.4 is 10.6 Å². The molecule has 0 spiro atoms. The lowest BCUT2D eigenvalue weighted by Gasteiger charge is -2.35. The van der Waals surface area contributed by atoms with Crippen LogP contribution >= 0.6 is 23.2 Å². The molecule has 4 rings (SSSR count). The van der Waals surface area contributed by atoms with Crippen molar-refractivity contribution in [1.29, 1.82) is 5.26 Å². The molecule has 0 saturated heterocycles. The summed E-state index contributed by atoms with van der Waals surface area (Å²) in [6.45, 7) is 2.03. The Balaban J connectivity index is 1.87. The van der Waals surface area contributed by atoms with E-state index in [-0.39, 0.29) is 5.92 Å². The molecule has 0 fully saturated rings. The largest absolute Gasteiger partial charge is 0.384 e. The SMILES string of the molecule is Cc1ccc(N2C(=Nc3ccc(Cl)cc3)CC(c3ccc(Cl)cc3)C(C#N)=C2N)cc1. The topological polar surface area (TPSA) is 65.4 Å². The van der Waals surface area contributed by atoms with Gasteiger partial charge in [0, 0.05) is 28.1 Å². The molecule has 0 aliphatic carbocycles. The minimum Gasteiger partial charge on any atom is -0.384 e. The van der Waals surface area contributed by atoms with Gasteiger partial charge in [-0.15, -0.1) is 0 Å². The maximum atomic E-state index is 9.97. The maximum absolute atomic E-state index is 9.97. The Morgan fingerprint density at radius 3 is 2.10 bits per heavy atom. The van der Waals surface area contributed by atoms with Crippen LogP contribution in [0.2, 0.25) is 10.0 Å². The average molecular weight is 447 g/mol. The first-order chi connectivity index (χ1) is 15.0. The first kappa shape index (κ1) is 21.0. The van der Waals surface area contributed by atoms with Crippen molar-refractivity contribution in [2.75, 3.05) is 4.90 Å². The Hall–Kier alpha value is -3.26. The van der Waals surface area contributed by atoms with E-state index in [4.69, 9.17) is 33.9 Å². The van der Waals surface area contributed by atoms with Gasteiger partial charge in [-0.1, -0.05) is 53.0 Å². The molecule has 0 aromatic heterocycles. The van der Waals surface area contributed by atoms with Gasteiger partial charge in [-0.25, -0.2) is 4.99 Å². The van der Waals surface area contributed by atoms with E-state index in [1.807, 2.05) is 72.5 Å². The lowest BCUT2D eigenvalue weighted by Crippen LogP contribution is -2.40. The van der Waals surface area contributed by atoms with Gasteiger partial charge in [0.15, 0.2) is 0 Å². The first-order valence-corrected chi connectivity index (χ1v) is 10.6. The molecule has 3 aromatic carbocycles. The highest BCUT2D eigenvalue weighted by Crippen LogP contribution is 2.38. The summed E-state index contributed by atoms with van der Waals surface area (Å²) in [6.07, 6.45) is 0.516. The molecular formula is C25H20Cl2N4. The molecule has 31 heavy (non-hydrogen) atoms. The number of allylic oxidation sites excluding steroid dienone is 1. The van der Waals surface area contributed by atoms with Gasteiger partial charge < -0.3 is 5.73 Å². The zero-order valence-electron chi connectivity index (χ0n) is 16.9. The third-order valence-electron chi connectivity index (χ3n) is 5.28. The third kappa shape index (κ3) is 4.44. The summed E-state index contributed by atoms with van der Waals surface area (Å²) >= 11 is 12.1. The molecule has 1 aliphatic heterocycles. The molecule has 4 nitrogen and oxygen atoms in total. The number of hydrogen-bond donors (Lipinski definition) is 1. The van der Waals surface area contributed by atoms with E-state index in [1.165, 1.54) is 0 Å². The summed E-state index contributed by atoms with van der Waals surface area (Å²) in [4.78, 5) is 6.75. The Labute approximate surface area is 191 Å². The number of rotatable bonds is 3. The molecular weight excluding hydrogens is 427 g/mol. The van der Waals surface area contributed by atoms with E-state index in [0.29, 0.717) is 27.9 Å². The van der Waals surface area contributed by atoms with Gasteiger partial charge in [-0.05, 0) is 61.0 Å². The number of hydrogen-bond acceptors (Lipinski definition) is 3. The monoisotopic (exact) mass is 446 g/mol. The Morgan fingerprint density at radius 2 is 1.52 bits per heavy atom. The third-order valence-corrected chi connectivity index (χ3v) is 5.78. The van der Waals surface area contributed by atoms with Gasteiger partial charge in [-0.3, -0.25) is 4.90 Å². The fourth-order valence-electron chi connectivity index (χ4n) is 3.67. The van der Waals surface area contributed by atoms with Crippen LogP contribution in [0.5, 0.6) is 0 Å². The molecule has 0 amide bonds. The van der Waals surface area contributed by atoms with Crippen LogP contribution in [0.3, 0.4) is 0 Å². The number of aryl methyl sites for hydroxylation is 1. The fourth-order valence-corrected chi connectivity index (χ4v) is 3.92. The predicted molar refractivity (Wildman–Crippen MR) is 128 cm³/mol. The van der Waals surface area contributed by atoms with Gasteiger partial charge in [0.2, 0.25) is 0 Å². The van der Waals surface area contributed by atoms with Crippen LogP contribution in [-0.2, 0) is 0 Å². The number of anilines is 1. The molecule has 2 N–H and O–H groups in total. The van der Waals surface area contributed by atoms with Crippen molar-refractivity contribution < 1.29 is 0 Å². The zero-order valence-corrected chi connectivity index (χ0v) is 18.4. The number of halogens is 2. The van der Waals surface area contributed by atoms with Gasteiger partial charge in [0.05, 0.1) is 17.3 Å². The number of amidine groups is 1. The number of benzene rings is 3. The second kappa shape index (κ2) is 8.85. The van der Waals surface area contributed by atoms with Crippen molar-refractivity contribution in [3.05, 3.63) is 105 Å². The van der Waals surface area contributed by atoms with Crippen molar-refractivity contribution >= 4 is 40.4 Å². The molecule has 154 valence electrons. The molecule has 3 aromatic rings. The second-order valence-corrected chi connectivity index (χ2v) is 8.27. The standard InChI is InChI=1S/C25H20Cl2N4/c1-16-2-12-21(13-3-16)31-24(30-20-10-8-19(27)9-11-20)14-22(23(15-28)25(31)29)17-4-6-18(26)7-5-17/h2-13,22H,14,29H2,1H3. The van der Waals surface area contributed by atoms with Gasteiger partial charge in [0.25, 0.3) is 0 Å². The van der Waals surface area contributed by atoms with Crippen molar-refractivity contribution in [3.8, 4) is 6.07 Å². The van der Waals surface area contributed by atoms with Crippen molar-refractivity contribution in [3.63, 3.8) is 0 Å². The first-order valence-electron chi connectivity index (χ1n) is 9.81. The Bertz CT molecular complexity index is 1190. The predicted octanol–water partition coefficient (Wildman–Crippen LogP) is 6.72. The van der Waals surface area contributed by atoms with Crippen molar-refractivity contribution in [1.82, 2.24) is 0 Å². The van der Waals surface area contributed by atoms with Gasteiger partial charge >= 0.3 is 0 Å². The molecule has 0 radical (unpaired) electrons. The molecule has 1 unspecified atom stereocenters. The molecule has 0 bridgehead atoms. The Kier molecular flexibility index (Phi) is 5.99. The highest BCUT2D eigenvalue weighted by atomic mass is 35.5. The molecule has 0 saturated carbocycles. The molecule has 1 heterocycles. The lowest BCUT2D eigenvalue weighted by atomic mass is 9.85. The number of nitrogens with two attached hydrogens (primary N) is 1. The summed E-state index contributed by atoms with van der Waals surface area (Å²) in [6, 6.07) is 25.2. The summed E-state index contributed by atoms with van der Waals surface area (Å²) < 4.78 is 0. The summed E-state index contributed by atoms with van der Waals surface area (Å²) in [5.41, 5.74) is 10.8. The normalized spacial score (nSPS) is 17.7. The van der Waals surface area contributed by atoms with Crippen LogP contribution in [0.15, 0.2) is 89.2 Å². The van der Waals surface area contributed by atoms with Gasteiger partial charge in [0.1, 0.15) is 11.7 Å². The summed E-state index contributed by atoms with van der Waals surface area (Å²) in [5.74, 6) is 0.919. The highest BCUT2D eigenvalue weighted by molar-refractivity contribution is 6.30. The highest BCUT2D eigenvalue weighted by Gasteiger charge is 2.33. The van der Waals surface area contributed by atoms with E-state index in [0.717, 1.165) is 28.3 Å². The van der Waals surface area contributed by atoms with Crippen molar-refractivity contribution in [2.24, 2.45) is 10.7 Å². The number of nitriles is 1. The summed E-state index contributed by atoms with van der Waals surface area (Å²) in [5, 5.41) is 11.3. The molecule has 1 atom stereocenters. The number of nitrogens with zero attached hydrogens (tertiary/aromatic N) is 3. The zero-order chi connectivity index (χ0) is 22.0. The smallest absolute Gasteiger partial charge is 0.123 e. The molecule has 6 heteroatoms. The van der Waals surface area contributed by atoms with E-state index in [2.05, 4.69) is 6.07 Å². The van der Waals surface area contributed by atoms with E-state index in [9.17, 15) is 5.26 Å².